The molecule has 0 bridgehead atoms. The molecule has 0 radical (unpaired) electrons. The first-order chi connectivity index (χ1) is 12.8. The second kappa shape index (κ2) is 7.61. The number of pyridine rings is 2. The second-order valence-corrected chi connectivity index (χ2v) is 7.99. The van der Waals surface area contributed by atoms with Crippen molar-refractivity contribution in [1.82, 2.24) is 15.3 Å². The number of nitrogens with zero attached hydrogens (tertiary/aromatic N) is 2. The topological polar surface area (TPSA) is 98.2 Å². The van der Waals surface area contributed by atoms with E-state index in [2.05, 4.69) is 31.2 Å². The summed E-state index contributed by atoms with van der Waals surface area (Å²) < 4.78 is 31.2. The van der Waals surface area contributed by atoms with E-state index in [0.717, 1.165) is 5.56 Å². The highest BCUT2D eigenvalue weighted by Gasteiger charge is 2.26. The van der Waals surface area contributed by atoms with E-state index in [4.69, 9.17) is 4.18 Å². The van der Waals surface area contributed by atoms with E-state index in [-0.39, 0.29) is 21.9 Å². The van der Waals surface area contributed by atoms with Gasteiger partial charge >= 0.3 is 10.1 Å². The highest BCUT2D eigenvalue weighted by atomic mass is 79.9. The molecule has 3 rings (SSSR count). The van der Waals surface area contributed by atoms with Crippen molar-refractivity contribution in [3.63, 3.8) is 0 Å². The summed E-state index contributed by atoms with van der Waals surface area (Å²) >= 11 is 3.30. The number of hydrogen-bond acceptors (Lipinski definition) is 6. The summed E-state index contributed by atoms with van der Waals surface area (Å²) in [6.07, 6.45) is 1.49. The Labute approximate surface area is 165 Å². The summed E-state index contributed by atoms with van der Waals surface area (Å²) in [7, 11) is -4.18. The third-order valence-corrected chi connectivity index (χ3v) is 5.57. The van der Waals surface area contributed by atoms with Gasteiger partial charge in [0.2, 0.25) is 5.75 Å². The molecule has 3 aromatic rings. The minimum Gasteiger partial charge on any atom is -0.374 e. The number of benzene rings is 1. The number of carbonyl (C=O) groups is 1. The fraction of sp³-hybridized carbons (Fsp3) is 0.167. The summed E-state index contributed by atoms with van der Waals surface area (Å²) in [5, 5.41) is 3.13. The van der Waals surface area contributed by atoms with Gasteiger partial charge in [-0.1, -0.05) is 17.7 Å². The molecule has 1 amide bonds. The van der Waals surface area contributed by atoms with Gasteiger partial charge in [-0.3, -0.25) is 9.78 Å². The van der Waals surface area contributed by atoms with Gasteiger partial charge < -0.3 is 9.50 Å². The van der Waals surface area contributed by atoms with Crippen LogP contribution in [-0.4, -0.2) is 30.8 Å². The summed E-state index contributed by atoms with van der Waals surface area (Å²) in [4.78, 5) is 20.8. The van der Waals surface area contributed by atoms with Crippen molar-refractivity contribution < 1.29 is 17.4 Å². The number of halogens is 1. The van der Waals surface area contributed by atoms with Crippen LogP contribution in [0.1, 0.15) is 23.0 Å². The molecule has 0 saturated carbocycles. The van der Waals surface area contributed by atoms with E-state index in [1.807, 2.05) is 6.92 Å². The third kappa shape index (κ3) is 3.93. The fourth-order valence-corrected chi connectivity index (χ4v) is 3.85. The number of amides is 1. The number of rotatable bonds is 5. The van der Waals surface area contributed by atoms with Crippen LogP contribution in [0, 0.1) is 6.92 Å². The summed E-state index contributed by atoms with van der Waals surface area (Å²) in [6, 6.07) is 9.59. The number of carbonyl (C=O) groups excluding carboxylic acids is 1. The van der Waals surface area contributed by atoms with Crippen LogP contribution in [0.5, 0.6) is 5.75 Å². The smallest absolute Gasteiger partial charge is 0.339 e. The maximum atomic E-state index is 12.8. The Morgan fingerprint density at radius 1 is 1.22 bits per heavy atom. The van der Waals surface area contributed by atoms with Crippen LogP contribution >= 0.6 is 15.9 Å². The normalized spacial score (nSPS) is 11.4. The summed E-state index contributed by atoms with van der Waals surface area (Å²) in [5.41, 5.74) is 0.969. The van der Waals surface area contributed by atoms with Crippen LogP contribution in [0.15, 0.2) is 52.1 Å². The molecule has 2 aromatic heterocycles. The zero-order valence-electron chi connectivity index (χ0n) is 14.6. The van der Waals surface area contributed by atoms with E-state index in [9.17, 15) is 13.2 Å². The first-order valence-corrected chi connectivity index (χ1v) is 10.3. The van der Waals surface area contributed by atoms with Crippen molar-refractivity contribution in [2.45, 2.75) is 18.7 Å². The minimum atomic E-state index is -4.18. The first kappa shape index (κ1) is 19.2. The van der Waals surface area contributed by atoms with Gasteiger partial charge in [0.25, 0.3) is 5.91 Å². The van der Waals surface area contributed by atoms with Crippen molar-refractivity contribution in [3.8, 4) is 5.75 Å². The second-order valence-electron chi connectivity index (χ2n) is 5.69. The lowest BCUT2D eigenvalue weighted by Gasteiger charge is -2.13. The lowest BCUT2D eigenvalue weighted by molar-refractivity contribution is 0.0949. The monoisotopic (exact) mass is 449 g/mol. The lowest BCUT2D eigenvalue weighted by Crippen LogP contribution is -2.25. The first-order valence-electron chi connectivity index (χ1n) is 8.07. The molecule has 0 spiro atoms. The van der Waals surface area contributed by atoms with Gasteiger partial charge in [-0.25, -0.2) is 4.98 Å². The van der Waals surface area contributed by atoms with Gasteiger partial charge in [0, 0.05) is 18.1 Å². The average Bonchev–Trinajstić information content (AvgIpc) is 2.64. The van der Waals surface area contributed by atoms with Gasteiger partial charge in [0.05, 0.1) is 0 Å². The maximum absolute atomic E-state index is 12.8. The van der Waals surface area contributed by atoms with Crippen LogP contribution in [0.4, 0.5) is 0 Å². The zero-order chi connectivity index (χ0) is 19.6. The Hall–Kier alpha value is -2.52. The molecule has 0 atom stereocenters. The van der Waals surface area contributed by atoms with E-state index in [0.29, 0.717) is 16.5 Å². The number of aromatic nitrogens is 2. The minimum absolute atomic E-state index is 0.0260. The molecule has 0 aliphatic rings. The molecule has 2 heterocycles. The molecule has 27 heavy (non-hydrogen) atoms. The predicted octanol–water partition coefficient (Wildman–Crippen LogP) is 3.22. The van der Waals surface area contributed by atoms with Crippen molar-refractivity contribution in [1.29, 1.82) is 0 Å². The lowest BCUT2D eigenvalue weighted by atomic mass is 10.2. The molecule has 0 aliphatic heterocycles. The third-order valence-electron chi connectivity index (χ3n) is 3.73. The van der Waals surface area contributed by atoms with Crippen molar-refractivity contribution in [3.05, 3.63) is 58.5 Å². The van der Waals surface area contributed by atoms with E-state index < -0.39 is 16.0 Å². The molecule has 0 saturated heterocycles. The Morgan fingerprint density at radius 2 is 1.93 bits per heavy atom. The molecular weight excluding hydrogens is 434 g/mol. The number of fused-ring (bicyclic) bond motifs is 1. The molecule has 0 fully saturated rings. The molecule has 1 aromatic carbocycles. The summed E-state index contributed by atoms with van der Waals surface area (Å²) in [5.74, 6) is -0.764. The highest BCUT2D eigenvalue weighted by molar-refractivity contribution is 9.10. The molecule has 140 valence electrons. The molecule has 1 N–H and O–H groups in total. The van der Waals surface area contributed by atoms with Crippen LogP contribution in [0.3, 0.4) is 0 Å². The number of nitrogens with one attached hydrogen (secondary N) is 1. The standard InChI is InChI=1S/C18H16BrN3O4S/c1-3-20-18(23)15-16(14-13(17(19)22-15)5-4-10-21-14)26-27(24,25)12-8-6-11(2)7-9-12/h4-10H,3H2,1-2H3,(H,20,23). The van der Waals surface area contributed by atoms with Gasteiger partial charge in [-0.2, -0.15) is 8.42 Å². The fourth-order valence-electron chi connectivity index (χ4n) is 2.41. The molecule has 0 aliphatic carbocycles. The van der Waals surface area contributed by atoms with Crippen molar-refractivity contribution in [2.24, 2.45) is 0 Å². The Bertz CT molecular complexity index is 1120. The Morgan fingerprint density at radius 3 is 2.59 bits per heavy atom. The maximum Gasteiger partial charge on any atom is 0.339 e. The van der Waals surface area contributed by atoms with E-state index in [1.165, 1.54) is 18.3 Å². The predicted molar refractivity (Wildman–Crippen MR) is 104 cm³/mol. The quantitative estimate of drug-likeness (QED) is 0.474. The van der Waals surface area contributed by atoms with E-state index >= 15 is 0 Å². The van der Waals surface area contributed by atoms with Crippen LogP contribution in [0.2, 0.25) is 0 Å². The van der Waals surface area contributed by atoms with E-state index in [1.54, 1.807) is 31.2 Å². The van der Waals surface area contributed by atoms with Gasteiger partial charge in [-0.15, -0.1) is 0 Å². The molecule has 7 nitrogen and oxygen atoms in total. The Balaban J connectivity index is 2.19. The summed E-state index contributed by atoms with van der Waals surface area (Å²) in [6.45, 7) is 3.94. The van der Waals surface area contributed by atoms with Gasteiger partial charge in [-0.05, 0) is 54.0 Å². The zero-order valence-corrected chi connectivity index (χ0v) is 17.0. The largest absolute Gasteiger partial charge is 0.374 e. The molecule has 0 unspecified atom stereocenters. The molecular formula is C18H16BrN3O4S. The van der Waals surface area contributed by atoms with Gasteiger partial charge in [0.15, 0.2) is 5.69 Å². The highest BCUT2D eigenvalue weighted by Crippen LogP contribution is 2.33. The van der Waals surface area contributed by atoms with Crippen LogP contribution < -0.4 is 9.50 Å². The van der Waals surface area contributed by atoms with Crippen LogP contribution in [-0.2, 0) is 10.1 Å². The van der Waals surface area contributed by atoms with Gasteiger partial charge in [0.1, 0.15) is 15.0 Å². The Kier molecular flexibility index (Phi) is 5.43. The van der Waals surface area contributed by atoms with Crippen molar-refractivity contribution in [2.75, 3.05) is 6.54 Å². The van der Waals surface area contributed by atoms with Crippen molar-refractivity contribution >= 4 is 42.9 Å². The number of hydrogen-bond donors (Lipinski definition) is 1. The number of aryl methyl sites for hydroxylation is 1. The van der Waals surface area contributed by atoms with Crippen LogP contribution in [0.25, 0.3) is 10.9 Å². The average molecular weight is 450 g/mol. The molecule has 9 heteroatoms. The SMILES string of the molecule is CCNC(=O)c1nc(Br)c2cccnc2c1OS(=O)(=O)c1ccc(C)cc1.